The molecule has 0 amide bonds. The van der Waals surface area contributed by atoms with Crippen LogP contribution in [0.2, 0.25) is 0 Å². The van der Waals surface area contributed by atoms with E-state index in [1.54, 1.807) is 0 Å². The molecule has 0 unspecified atom stereocenters. The molecule has 0 aliphatic heterocycles. The molecule has 1 heterocycles. The molecule has 0 aliphatic carbocycles. The van der Waals surface area contributed by atoms with Crippen molar-refractivity contribution in [1.29, 1.82) is 0 Å². The third kappa shape index (κ3) is 7.35. The smallest absolute Gasteiger partial charge is 0.0562 e. The van der Waals surface area contributed by atoms with E-state index in [9.17, 15) is 0 Å². The highest BCUT2D eigenvalue weighted by Gasteiger charge is 2.24. The number of anilines is 3. The molecule has 0 fully saturated rings. The third-order valence-corrected chi connectivity index (χ3v) is 13.2. The van der Waals surface area contributed by atoms with Gasteiger partial charge in [0.15, 0.2) is 0 Å². The minimum absolute atomic E-state index is 1.07. The second kappa shape index (κ2) is 17.8. The molecule has 12 rings (SSSR count). The molecular formula is C66H46N2. The minimum atomic E-state index is 1.07. The van der Waals surface area contributed by atoms with E-state index in [0.717, 1.165) is 39.3 Å². The fourth-order valence-electron chi connectivity index (χ4n) is 10.1. The maximum atomic E-state index is 2.46. The van der Waals surface area contributed by atoms with Crippen LogP contribution in [0.4, 0.5) is 17.1 Å². The Morgan fingerprint density at radius 2 is 0.691 bits per heavy atom. The lowest BCUT2D eigenvalue weighted by molar-refractivity contribution is 1.18. The Bertz CT molecular complexity index is 3710. The van der Waals surface area contributed by atoms with Crippen LogP contribution in [0, 0.1) is 0 Å². The van der Waals surface area contributed by atoms with Gasteiger partial charge in [0, 0.05) is 27.7 Å². The van der Waals surface area contributed by atoms with Crippen molar-refractivity contribution in [2.24, 2.45) is 0 Å². The van der Waals surface area contributed by atoms with E-state index in [-0.39, 0.29) is 0 Å². The van der Waals surface area contributed by atoms with Crippen molar-refractivity contribution >= 4 is 38.9 Å². The summed E-state index contributed by atoms with van der Waals surface area (Å²) >= 11 is 0. The van der Waals surface area contributed by atoms with Gasteiger partial charge in [0.05, 0.1) is 22.4 Å². The number of hydrogen-bond acceptors (Lipinski definition) is 1. The molecule has 11 aromatic carbocycles. The topological polar surface area (TPSA) is 8.17 Å². The first-order valence-electron chi connectivity index (χ1n) is 23.3. The second-order valence-electron chi connectivity index (χ2n) is 17.2. The molecule has 2 heteroatoms. The van der Waals surface area contributed by atoms with Crippen LogP contribution in [-0.2, 0) is 0 Å². The zero-order valence-electron chi connectivity index (χ0n) is 37.5. The minimum Gasteiger partial charge on any atom is -0.310 e. The fourth-order valence-corrected chi connectivity index (χ4v) is 10.1. The molecule has 12 aromatic rings. The predicted molar refractivity (Wildman–Crippen MR) is 288 cm³/mol. The van der Waals surface area contributed by atoms with Crippen LogP contribution in [0.25, 0.3) is 94.3 Å². The number of benzene rings is 11. The molecule has 320 valence electrons. The van der Waals surface area contributed by atoms with E-state index in [1.165, 1.54) is 72.0 Å². The SMILES string of the molecule is c1ccc(-c2ccc(-c3ccccc3-n3c4ccccc4c4c(N(c5ccccc5)c5ccc(-c6ccccc6-c6ccccc6)c(-c6ccccc6-c6ccccc6)c5)cccc43)cc2)cc1. The number of hydrogen-bond donors (Lipinski definition) is 0. The average Bonchev–Trinajstić information content (AvgIpc) is 3.77. The first kappa shape index (κ1) is 40.5. The van der Waals surface area contributed by atoms with Gasteiger partial charge in [0.25, 0.3) is 0 Å². The Hall–Kier alpha value is -8.98. The summed E-state index contributed by atoms with van der Waals surface area (Å²) in [7, 11) is 0. The molecule has 0 aliphatic rings. The Labute approximate surface area is 397 Å². The standard InChI is InChI=1S/C66H46N2/c1-5-22-47(23-6-1)48-40-42-51(43-41-48)56-32-17-19-36-62(56)68-63-37-20-18-35-60(63)66-64(38-21-39-65(66)68)67(52-28-11-4-12-29-52)53-44-45-59(57-33-15-13-30-54(57)49-24-7-2-8-25-49)61(46-53)58-34-16-14-31-55(58)50-26-9-3-10-27-50/h1-46H. The van der Waals surface area contributed by atoms with Gasteiger partial charge in [-0.05, 0) is 110 Å². The first-order chi connectivity index (χ1) is 33.8. The summed E-state index contributed by atoms with van der Waals surface area (Å²) in [5.74, 6) is 0. The Kier molecular flexibility index (Phi) is 10.6. The van der Waals surface area contributed by atoms with Gasteiger partial charge in [0.1, 0.15) is 0 Å². The lowest BCUT2D eigenvalue weighted by atomic mass is 9.86. The van der Waals surface area contributed by atoms with Crippen molar-refractivity contribution in [3.63, 3.8) is 0 Å². The predicted octanol–water partition coefficient (Wildman–Crippen LogP) is 18.3. The summed E-state index contributed by atoms with van der Waals surface area (Å²) in [5.41, 5.74) is 20.9. The first-order valence-corrected chi connectivity index (χ1v) is 23.3. The largest absolute Gasteiger partial charge is 0.310 e. The highest BCUT2D eigenvalue weighted by Crippen LogP contribution is 2.48. The van der Waals surface area contributed by atoms with Crippen molar-refractivity contribution in [3.8, 4) is 72.4 Å². The summed E-state index contributed by atoms with van der Waals surface area (Å²) in [6.07, 6.45) is 0. The van der Waals surface area contributed by atoms with Crippen LogP contribution in [0.1, 0.15) is 0 Å². The van der Waals surface area contributed by atoms with E-state index in [4.69, 9.17) is 0 Å². The fraction of sp³-hybridized carbons (Fsp3) is 0. The molecule has 2 nitrogen and oxygen atoms in total. The normalized spacial score (nSPS) is 11.2. The van der Waals surface area contributed by atoms with Crippen LogP contribution in [0.15, 0.2) is 279 Å². The van der Waals surface area contributed by atoms with Gasteiger partial charge in [-0.1, -0.05) is 231 Å². The highest BCUT2D eigenvalue weighted by atomic mass is 15.1. The molecule has 0 saturated carbocycles. The lowest BCUT2D eigenvalue weighted by Crippen LogP contribution is -2.11. The summed E-state index contributed by atoms with van der Waals surface area (Å²) in [5, 5.41) is 2.38. The molecule has 0 radical (unpaired) electrons. The number of aromatic nitrogens is 1. The van der Waals surface area contributed by atoms with Crippen molar-refractivity contribution in [1.82, 2.24) is 4.57 Å². The highest BCUT2D eigenvalue weighted by molar-refractivity contribution is 6.17. The van der Waals surface area contributed by atoms with E-state index >= 15 is 0 Å². The van der Waals surface area contributed by atoms with Gasteiger partial charge in [-0.2, -0.15) is 0 Å². The van der Waals surface area contributed by atoms with Crippen LogP contribution >= 0.6 is 0 Å². The van der Waals surface area contributed by atoms with Crippen LogP contribution in [0.5, 0.6) is 0 Å². The third-order valence-electron chi connectivity index (χ3n) is 13.2. The van der Waals surface area contributed by atoms with E-state index < -0.39 is 0 Å². The van der Waals surface area contributed by atoms with Gasteiger partial charge >= 0.3 is 0 Å². The number of fused-ring (bicyclic) bond motifs is 3. The molecule has 68 heavy (non-hydrogen) atoms. The quantitative estimate of drug-likeness (QED) is 0.133. The van der Waals surface area contributed by atoms with E-state index in [2.05, 4.69) is 289 Å². The Morgan fingerprint density at radius 3 is 1.34 bits per heavy atom. The summed E-state index contributed by atoms with van der Waals surface area (Å²) < 4.78 is 2.46. The lowest BCUT2D eigenvalue weighted by Gasteiger charge is -2.28. The Morgan fingerprint density at radius 1 is 0.250 bits per heavy atom. The monoisotopic (exact) mass is 866 g/mol. The summed E-state index contributed by atoms with van der Waals surface area (Å²) in [4.78, 5) is 2.45. The zero-order valence-corrected chi connectivity index (χ0v) is 37.5. The zero-order chi connectivity index (χ0) is 45.2. The van der Waals surface area contributed by atoms with Gasteiger partial charge in [0.2, 0.25) is 0 Å². The Balaban J connectivity index is 1.09. The average molecular weight is 867 g/mol. The van der Waals surface area contributed by atoms with Gasteiger partial charge in [-0.15, -0.1) is 0 Å². The van der Waals surface area contributed by atoms with E-state index in [1.807, 2.05) is 0 Å². The van der Waals surface area contributed by atoms with Gasteiger partial charge < -0.3 is 9.47 Å². The van der Waals surface area contributed by atoms with Crippen molar-refractivity contribution < 1.29 is 0 Å². The molecule has 0 bridgehead atoms. The molecule has 0 atom stereocenters. The van der Waals surface area contributed by atoms with Crippen LogP contribution in [0.3, 0.4) is 0 Å². The maximum Gasteiger partial charge on any atom is 0.0562 e. The number of para-hydroxylation sites is 3. The number of nitrogens with zero attached hydrogens (tertiary/aromatic N) is 2. The maximum absolute atomic E-state index is 2.46. The van der Waals surface area contributed by atoms with Crippen molar-refractivity contribution in [2.75, 3.05) is 4.90 Å². The van der Waals surface area contributed by atoms with Crippen molar-refractivity contribution in [3.05, 3.63) is 279 Å². The summed E-state index contributed by atoms with van der Waals surface area (Å²) in [6, 6.07) is 101. The van der Waals surface area contributed by atoms with Crippen LogP contribution < -0.4 is 4.90 Å². The van der Waals surface area contributed by atoms with Crippen LogP contribution in [-0.4, -0.2) is 4.57 Å². The van der Waals surface area contributed by atoms with Gasteiger partial charge in [-0.3, -0.25) is 0 Å². The molecule has 1 aromatic heterocycles. The molecular weight excluding hydrogens is 821 g/mol. The molecule has 0 N–H and O–H groups in total. The molecule has 0 saturated heterocycles. The second-order valence-corrected chi connectivity index (χ2v) is 17.2. The summed E-state index contributed by atoms with van der Waals surface area (Å²) in [6.45, 7) is 0. The van der Waals surface area contributed by atoms with Crippen molar-refractivity contribution in [2.45, 2.75) is 0 Å². The van der Waals surface area contributed by atoms with E-state index in [0.29, 0.717) is 0 Å². The number of rotatable bonds is 10. The van der Waals surface area contributed by atoms with Gasteiger partial charge in [-0.25, -0.2) is 0 Å². The molecule has 0 spiro atoms.